The normalized spacial score (nSPS) is 17.4. The lowest BCUT2D eigenvalue weighted by atomic mass is 10.4. The van der Waals surface area contributed by atoms with Crippen LogP contribution >= 0.6 is 0 Å². The van der Waals surface area contributed by atoms with Crippen LogP contribution in [0.5, 0.6) is 0 Å². The fourth-order valence-electron chi connectivity index (χ4n) is 0.927. The molecule has 0 aliphatic carbocycles. The van der Waals surface area contributed by atoms with Gasteiger partial charge in [-0.3, -0.25) is 4.90 Å². The van der Waals surface area contributed by atoms with E-state index in [1.807, 2.05) is 18.7 Å². The van der Waals surface area contributed by atoms with Crippen molar-refractivity contribution in [3.63, 3.8) is 0 Å². The molecule has 0 aromatic heterocycles. The van der Waals surface area contributed by atoms with Gasteiger partial charge in [0.05, 0.1) is 12.3 Å². The molecule has 62 valence electrons. The second kappa shape index (κ2) is 4.62. The Labute approximate surface area is 62.3 Å². The molecule has 4 nitrogen and oxygen atoms in total. The predicted molar refractivity (Wildman–Crippen MR) is 43.1 cm³/mol. The van der Waals surface area contributed by atoms with Gasteiger partial charge >= 0.3 is 0 Å². The molecule has 6 N–H and O–H groups in total. The lowest BCUT2D eigenvalue weighted by Crippen LogP contribution is -2.51. The van der Waals surface area contributed by atoms with Crippen molar-refractivity contribution >= 4 is 0 Å². The quantitative estimate of drug-likeness (QED) is 0.438. The van der Waals surface area contributed by atoms with Crippen molar-refractivity contribution in [3.8, 4) is 0 Å². The van der Waals surface area contributed by atoms with Gasteiger partial charge in [0.2, 0.25) is 0 Å². The van der Waals surface area contributed by atoms with Gasteiger partial charge in [0, 0.05) is 13.1 Å². The summed E-state index contributed by atoms with van der Waals surface area (Å²) < 4.78 is 0. The summed E-state index contributed by atoms with van der Waals surface area (Å²) in [7, 11) is 0. The Kier molecular flexibility index (Phi) is 4.55. The molecule has 0 bridgehead atoms. The topological polar surface area (TPSA) is 81.3 Å². The number of rotatable bonds is 4. The third-order valence-corrected chi connectivity index (χ3v) is 1.43. The highest BCUT2D eigenvalue weighted by atomic mass is 15.3. The van der Waals surface area contributed by atoms with Crippen LogP contribution in [-0.4, -0.2) is 30.3 Å². The van der Waals surface area contributed by atoms with Crippen LogP contribution in [0.2, 0.25) is 0 Å². The van der Waals surface area contributed by atoms with Crippen molar-refractivity contribution in [2.24, 2.45) is 17.2 Å². The summed E-state index contributed by atoms with van der Waals surface area (Å²) in [5.74, 6) is 0. The van der Waals surface area contributed by atoms with E-state index in [1.165, 1.54) is 0 Å². The van der Waals surface area contributed by atoms with E-state index in [2.05, 4.69) is 0 Å². The second-order valence-corrected chi connectivity index (χ2v) is 2.51. The van der Waals surface area contributed by atoms with Crippen LogP contribution in [0.1, 0.15) is 13.8 Å². The summed E-state index contributed by atoms with van der Waals surface area (Å²) in [6, 6.07) is 0. The van der Waals surface area contributed by atoms with E-state index >= 15 is 0 Å². The summed E-state index contributed by atoms with van der Waals surface area (Å²) in [5.41, 5.74) is 16.6. The van der Waals surface area contributed by atoms with Gasteiger partial charge in [-0.2, -0.15) is 0 Å². The van der Waals surface area contributed by atoms with Crippen molar-refractivity contribution in [1.82, 2.24) is 4.90 Å². The summed E-state index contributed by atoms with van der Waals surface area (Å²) in [4.78, 5) is 1.94. The molecule has 2 atom stereocenters. The number of nitrogens with two attached hydrogens (primary N) is 3. The van der Waals surface area contributed by atoms with Crippen molar-refractivity contribution in [2.75, 3.05) is 13.1 Å². The summed E-state index contributed by atoms with van der Waals surface area (Å²) in [6.45, 7) is 5.16. The summed E-state index contributed by atoms with van der Waals surface area (Å²) >= 11 is 0. The van der Waals surface area contributed by atoms with Crippen LogP contribution in [0.3, 0.4) is 0 Å². The van der Waals surface area contributed by atoms with Crippen molar-refractivity contribution in [3.05, 3.63) is 0 Å². The standard InChI is InChI=1S/C6H18N4/c1-5(8)10(4-3-7)6(2)9/h5-6H,3-4,7-9H2,1-2H3. The second-order valence-electron chi connectivity index (χ2n) is 2.51. The molecule has 0 saturated carbocycles. The van der Waals surface area contributed by atoms with Gasteiger partial charge in [-0.1, -0.05) is 0 Å². The monoisotopic (exact) mass is 146 g/mol. The van der Waals surface area contributed by atoms with Gasteiger partial charge in [0.1, 0.15) is 0 Å². The molecule has 0 rings (SSSR count). The number of hydrogen-bond acceptors (Lipinski definition) is 4. The Morgan fingerprint density at radius 3 is 1.70 bits per heavy atom. The van der Waals surface area contributed by atoms with E-state index in [0.29, 0.717) is 6.54 Å². The largest absolute Gasteiger partial charge is 0.329 e. The maximum Gasteiger partial charge on any atom is 0.0557 e. The minimum Gasteiger partial charge on any atom is -0.329 e. The van der Waals surface area contributed by atoms with Gasteiger partial charge in [-0.05, 0) is 13.8 Å². The van der Waals surface area contributed by atoms with E-state index in [9.17, 15) is 0 Å². The molecule has 0 amide bonds. The summed E-state index contributed by atoms with van der Waals surface area (Å²) in [6.07, 6.45) is -0.0212. The maximum absolute atomic E-state index is 5.61. The molecule has 0 spiro atoms. The molecule has 0 aliphatic rings. The average molecular weight is 146 g/mol. The van der Waals surface area contributed by atoms with Gasteiger partial charge in [-0.15, -0.1) is 0 Å². The lowest BCUT2D eigenvalue weighted by molar-refractivity contribution is 0.165. The first-order chi connectivity index (χ1) is 4.59. The SMILES string of the molecule is CC(N)N(CCN)C(C)N. The molecule has 10 heavy (non-hydrogen) atoms. The molecule has 2 unspecified atom stereocenters. The zero-order valence-corrected chi connectivity index (χ0v) is 6.75. The third-order valence-electron chi connectivity index (χ3n) is 1.43. The Balaban J connectivity index is 3.73. The van der Waals surface area contributed by atoms with Crippen LogP contribution in [0.25, 0.3) is 0 Å². The Bertz CT molecular complexity index is 73.8. The highest BCUT2D eigenvalue weighted by Gasteiger charge is 2.11. The highest BCUT2D eigenvalue weighted by molar-refractivity contribution is 4.64. The molecule has 0 saturated heterocycles. The Morgan fingerprint density at radius 1 is 1.20 bits per heavy atom. The zero-order valence-electron chi connectivity index (χ0n) is 6.75. The van der Waals surface area contributed by atoms with Crippen molar-refractivity contribution in [2.45, 2.75) is 26.2 Å². The first-order valence-corrected chi connectivity index (χ1v) is 3.56. The van der Waals surface area contributed by atoms with Gasteiger partial charge in [0.15, 0.2) is 0 Å². The number of nitrogens with zero attached hydrogens (tertiary/aromatic N) is 1. The highest BCUT2D eigenvalue weighted by Crippen LogP contribution is 1.94. The minimum atomic E-state index is -0.0106. The fraction of sp³-hybridized carbons (Fsp3) is 1.00. The summed E-state index contributed by atoms with van der Waals surface area (Å²) in [5, 5.41) is 0. The van der Waals surface area contributed by atoms with Crippen LogP contribution in [0.15, 0.2) is 0 Å². The van der Waals surface area contributed by atoms with Gasteiger partial charge < -0.3 is 17.2 Å². The fourth-order valence-corrected chi connectivity index (χ4v) is 0.927. The molecule has 0 radical (unpaired) electrons. The van der Waals surface area contributed by atoms with E-state index in [4.69, 9.17) is 17.2 Å². The van der Waals surface area contributed by atoms with Crippen LogP contribution in [0.4, 0.5) is 0 Å². The van der Waals surface area contributed by atoms with Crippen molar-refractivity contribution < 1.29 is 0 Å². The third kappa shape index (κ3) is 3.12. The van der Waals surface area contributed by atoms with Gasteiger partial charge in [-0.25, -0.2) is 0 Å². The molecule has 0 aromatic rings. The average Bonchev–Trinajstić information content (AvgIpc) is 1.81. The first kappa shape index (κ1) is 9.84. The minimum absolute atomic E-state index is 0.0106. The molecule has 4 heteroatoms. The Morgan fingerprint density at radius 2 is 1.60 bits per heavy atom. The van der Waals surface area contributed by atoms with Crippen molar-refractivity contribution in [1.29, 1.82) is 0 Å². The van der Waals surface area contributed by atoms with Crippen LogP contribution in [-0.2, 0) is 0 Å². The van der Waals surface area contributed by atoms with Gasteiger partial charge in [0.25, 0.3) is 0 Å². The lowest BCUT2D eigenvalue weighted by Gasteiger charge is -2.29. The van der Waals surface area contributed by atoms with Crippen LogP contribution in [0, 0.1) is 0 Å². The van der Waals surface area contributed by atoms with Crippen LogP contribution < -0.4 is 17.2 Å². The van der Waals surface area contributed by atoms with E-state index in [-0.39, 0.29) is 12.3 Å². The molecular formula is C6H18N4. The molecule has 0 fully saturated rings. The molecule has 0 aromatic carbocycles. The van der Waals surface area contributed by atoms with E-state index in [1.54, 1.807) is 0 Å². The predicted octanol–water partition coefficient (Wildman–Crippen LogP) is -1.14. The smallest absolute Gasteiger partial charge is 0.0557 e. The molecule has 0 aliphatic heterocycles. The molecule has 0 heterocycles. The van der Waals surface area contributed by atoms with E-state index < -0.39 is 0 Å². The number of hydrogen-bond donors (Lipinski definition) is 3. The first-order valence-electron chi connectivity index (χ1n) is 3.56. The van der Waals surface area contributed by atoms with E-state index in [0.717, 1.165) is 6.54 Å². The maximum atomic E-state index is 5.61. The Hall–Kier alpha value is -0.160. The molecular weight excluding hydrogens is 128 g/mol. The zero-order chi connectivity index (χ0) is 8.15.